The van der Waals surface area contributed by atoms with Gasteiger partial charge in [-0.05, 0) is 18.7 Å². The van der Waals surface area contributed by atoms with Gasteiger partial charge in [0, 0.05) is 17.6 Å². The Hall–Kier alpha value is -0.440. The van der Waals surface area contributed by atoms with Gasteiger partial charge in [0.1, 0.15) is 5.75 Å². The van der Waals surface area contributed by atoms with Crippen molar-refractivity contribution in [3.63, 3.8) is 0 Å². The van der Waals surface area contributed by atoms with E-state index < -0.39 is 0 Å². The normalized spacial score (nSPS) is 10.2. The van der Waals surface area contributed by atoms with Crippen LogP contribution >= 0.6 is 23.2 Å². The summed E-state index contributed by atoms with van der Waals surface area (Å²) in [5, 5.41) is 4.25. The van der Waals surface area contributed by atoms with Gasteiger partial charge in [-0.15, -0.1) is 0 Å². The number of halogens is 2. The molecular weight excluding hydrogens is 209 g/mol. The highest BCUT2D eigenvalue weighted by molar-refractivity contribution is 6.34. The van der Waals surface area contributed by atoms with Crippen LogP contribution in [-0.2, 0) is 6.54 Å². The number of ether oxygens (including phenoxy) is 1. The van der Waals surface area contributed by atoms with Crippen molar-refractivity contribution in [2.45, 2.75) is 6.54 Å². The summed E-state index contributed by atoms with van der Waals surface area (Å²) < 4.78 is 5.02. The van der Waals surface area contributed by atoms with Gasteiger partial charge in [-0.25, -0.2) is 0 Å². The molecule has 1 rings (SSSR count). The fourth-order valence-electron chi connectivity index (χ4n) is 1.05. The Bertz CT molecular complexity index is 302. The Labute approximate surface area is 87.8 Å². The molecule has 0 radical (unpaired) electrons. The Morgan fingerprint density at radius 3 is 2.54 bits per heavy atom. The highest BCUT2D eigenvalue weighted by Gasteiger charge is 2.06. The van der Waals surface area contributed by atoms with Gasteiger partial charge in [0.2, 0.25) is 0 Å². The molecular formula is C9H11Cl2NO. The lowest BCUT2D eigenvalue weighted by molar-refractivity contribution is 0.415. The van der Waals surface area contributed by atoms with Gasteiger partial charge in [0.25, 0.3) is 0 Å². The highest BCUT2D eigenvalue weighted by Crippen LogP contribution is 2.30. The molecule has 0 saturated heterocycles. The van der Waals surface area contributed by atoms with Gasteiger partial charge >= 0.3 is 0 Å². The molecule has 1 aromatic carbocycles. The summed E-state index contributed by atoms with van der Waals surface area (Å²) in [6, 6.07) is 3.52. The third kappa shape index (κ3) is 2.50. The molecule has 13 heavy (non-hydrogen) atoms. The molecule has 72 valence electrons. The van der Waals surface area contributed by atoms with Crippen LogP contribution in [0.4, 0.5) is 0 Å². The lowest BCUT2D eigenvalue weighted by Gasteiger charge is -2.08. The zero-order chi connectivity index (χ0) is 9.84. The molecule has 0 aliphatic heterocycles. The largest absolute Gasteiger partial charge is 0.495 e. The molecule has 0 fully saturated rings. The maximum Gasteiger partial charge on any atom is 0.138 e. The average Bonchev–Trinajstić information content (AvgIpc) is 2.11. The van der Waals surface area contributed by atoms with Crippen LogP contribution in [0.1, 0.15) is 5.56 Å². The van der Waals surface area contributed by atoms with E-state index in [1.807, 2.05) is 7.05 Å². The second-order valence-corrected chi connectivity index (χ2v) is 3.42. The van der Waals surface area contributed by atoms with Crippen LogP contribution < -0.4 is 10.1 Å². The summed E-state index contributed by atoms with van der Waals surface area (Å²) in [5.74, 6) is 0.603. The summed E-state index contributed by atoms with van der Waals surface area (Å²) in [6.45, 7) is 0.697. The Kier molecular flexibility index (Phi) is 3.85. The molecule has 1 aromatic rings. The molecule has 0 atom stereocenters. The minimum Gasteiger partial charge on any atom is -0.495 e. The summed E-state index contributed by atoms with van der Waals surface area (Å²) in [5.41, 5.74) is 0.968. The van der Waals surface area contributed by atoms with Crippen molar-refractivity contribution in [3.8, 4) is 5.75 Å². The van der Waals surface area contributed by atoms with E-state index in [4.69, 9.17) is 27.9 Å². The van der Waals surface area contributed by atoms with Crippen LogP contribution in [0.3, 0.4) is 0 Å². The van der Waals surface area contributed by atoms with Gasteiger partial charge in [-0.1, -0.05) is 23.2 Å². The van der Waals surface area contributed by atoms with E-state index in [-0.39, 0.29) is 0 Å². The SMILES string of the molecule is CNCc1cc(Cl)c(OC)cc1Cl. The quantitative estimate of drug-likeness (QED) is 0.845. The van der Waals surface area contributed by atoms with Gasteiger partial charge in [0.15, 0.2) is 0 Å². The molecule has 0 saturated carbocycles. The first-order chi connectivity index (χ1) is 6.19. The molecule has 0 aromatic heterocycles. The fraction of sp³-hybridized carbons (Fsp3) is 0.333. The van der Waals surface area contributed by atoms with Gasteiger partial charge in [-0.3, -0.25) is 0 Å². The lowest BCUT2D eigenvalue weighted by Crippen LogP contribution is -2.05. The van der Waals surface area contributed by atoms with Crippen LogP contribution in [0.2, 0.25) is 10.0 Å². The maximum atomic E-state index is 5.98. The van der Waals surface area contributed by atoms with Crippen LogP contribution in [-0.4, -0.2) is 14.2 Å². The number of methoxy groups -OCH3 is 1. The molecule has 2 nitrogen and oxygen atoms in total. The number of benzene rings is 1. The topological polar surface area (TPSA) is 21.3 Å². The third-order valence-corrected chi connectivity index (χ3v) is 2.34. The smallest absolute Gasteiger partial charge is 0.138 e. The second kappa shape index (κ2) is 4.70. The standard InChI is InChI=1S/C9H11Cl2NO/c1-12-5-6-3-8(11)9(13-2)4-7(6)10/h3-4,12H,5H2,1-2H3. The van der Waals surface area contributed by atoms with E-state index in [0.29, 0.717) is 22.3 Å². The summed E-state index contributed by atoms with van der Waals surface area (Å²) in [6.07, 6.45) is 0. The van der Waals surface area contributed by atoms with E-state index in [1.54, 1.807) is 19.2 Å². The first-order valence-electron chi connectivity index (χ1n) is 3.85. The van der Waals surface area contributed by atoms with E-state index >= 15 is 0 Å². The summed E-state index contributed by atoms with van der Waals surface area (Å²) in [7, 11) is 3.42. The average molecular weight is 220 g/mol. The minimum atomic E-state index is 0.581. The second-order valence-electron chi connectivity index (χ2n) is 2.61. The monoisotopic (exact) mass is 219 g/mol. The fourth-order valence-corrected chi connectivity index (χ4v) is 1.54. The van der Waals surface area contributed by atoms with Crippen molar-refractivity contribution < 1.29 is 4.74 Å². The maximum absolute atomic E-state index is 5.98. The number of hydrogen-bond donors (Lipinski definition) is 1. The van der Waals surface area contributed by atoms with Crippen molar-refractivity contribution in [3.05, 3.63) is 27.7 Å². The van der Waals surface area contributed by atoms with E-state index in [9.17, 15) is 0 Å². The Balaban J connectivity index is 3.05. The molecule has 0 bridgehead atoms. The van der Waals surface area contributed by atoms with E-state index in [2.05, 4.69) is 5.32 Å². The van der Waals surface area contributed by atoms with E-state index in [1.165, 1.54) is 0 Å². The highest BCUT2D eigenvalue weighted by atomic mass is 35.5. The van der Waals surface area contributed by atoms with Gasteiger partial charge in [0.05, 0.1) is 12.1 Å². The minimum absolute atomic E-state index is 0.581. The zero-order valence-electron chi connectivity index (χ0n) is 7.53. The lowest BCUT2D eigenvalue weighted by atomic mass is 10.2. The molecule has 0 heterocycles. The van der Waals surface area contributed by atoms with Crippen LogP contribution in [0, 0.1) is 0 Å². The number of nitrogens with one attached hydrogen (secondary N) is 1. The van der Waals surface area contributed by atoms with Crippen molar-refractivity contribution in [1.29, 1.82) is 0 Å². The molecule has 0 aliphatic carbocycles. The molecule has 4 heteroatoms. The van der Waals surface area contributed by atoms with Crippen molar-refractivity contribution in [2.75, 3.05) is 14.2 Å². The predicted octanol–water partition coefficient (Wildman–Crippen LogP) is 2.72. The molecule has 0 amide bonds. The predicted molar refractivity (Wildman–Crippen MR) is 55.8 cm³/mol. The number of rotatable bonds is 3. The molecule has 0 unspecified atom stereocenters. The first-order valence-corrected chi connectivity index (χ1v) is 4.61. The van der Waals surface area contributed by atoms with Gasteiger partial charge in [-0.2, -0.15) is 0 Å². The molecule has 1 N–H and O–H groups in total. The molecule has 0 aliphatic rings. The zero-order valence-corrected chi connectivity index (χ0v) is 9.04. The van der Waals surface area contributed by atoms with Crippen molar-refractivity contribution in [2.24, 2.45) is 0 Å². The van der Waals surface area contributed by atoms with Crippen LogP contribution in [0.5, 0.6) is 5.75 Å². The van der Waals surface area contributed by atoms with Crippen molar-refractivity contribution in [1.82, 2.24) is 5.32 Å². The summed E-state index contributed by atoms with van der Waals surface area (Å²) >= 11 is 11.9. The third-order valence-electron chi connectivity index (χ3n) is 1.69. The van der Waals surface area contributed by atoms with Crippen LogP contribution in [0.15, 0.2) is 12.1 Å². The van der Waals surface area contributed by atoms with Gasteiger partial charge < -0.3 is 10.1 Å². The number of hydrogen-bond acceptors (Lipinski definition) is 2. The summed E-state index contributed by atoms with van der Waals surface area (Å²) in [4.78, 5) is 0. The Morgan fingerprint density at radius 2 is 2.00 bits per heavy atom. The Morgan fingerprint density at radius 1 is 1.31 bits per heavy atom. The van der Waals surface area contributed by atoms with Crippen LogP contribution in [0.25, 0.3) is 0 Å². The molecule has 0 spiro atoms. The first kappa shape index (κ1) is 10.6. The van der Waals surface area contributed by atoms with Crippen molar-refractivity contribution >= 4 is 23.2 Å². The van der Waals surface area contributed by atoms with E-state index in [0.717, 1.165) is 5.56 Å².